The van der Waals surface area contributed by atoms with Gasteiger partial charge in [-0.25, -0.2) is 4.39 Å². The van der Waals surface area contributed by atoms with Gasteiger partial charge in [-0.1, -0.05) is 0 Å². The van der Waals surface area contributed by atoms with Gasteiger partial charge in [0.15, 0.2) is 0 Å². The van der Waals surface area contributed by atoms with Crippen molar-refractivity contribution in [3.05, 3.63) is 29.8 Å². The molecule has 0 saturated heterocycles. The second-order valence-electron chi connectivity index (χ2n) is 3.97. The van der Waals surface area contributed by atoms with Gasteiger partial charge >= 0.3 is 5.97 Å². The molecule has 94 valence electrons. The molecule has 0 fully saturated rings. The predicted octanol–water partition coefficient (Wildman–Crippen LogP) is 1.77. The van der Waals surface area contributed by atoms with Crippen LogP contribution in [0.4, 0.5) is 4.39 Å². The number of pyridine rings is 1. The van der Waals surface area contributed by atoms with Crippen molar-refractivity contribution >= 4 is 5.97 Å². The monoisotopic (exact) mass is 241 g/mol. The van der Waals surface area contributed by atoms with Gasteiger partial charge in [-0.2, -0.15) is 0 Å². The van der Waals surface area contributed by atoms with Gasteiger partial charge in [0.1, 0.15) is 5.82 Å². The van der Waals surface area contributed by atoms with Crippen LogP contribution in [0, 0.1) is 5.82 Å². The fourth-order valence-electron chi connectivity index (χ4n) is 1.43. The number of nitrogens with zero attached hydrogens (tertiary/aromatic N) is 1. The second kappa shape index (κ2) is 5.72. The van der Waals surface area contributed by atoms with E-state index < -0.39 is 11.4 Å². The maximum atomic E-state index is 13.0. The van der Waals surface area contributed by atoms with Crippen LogP contribution in [0.15, 0.2) is 18.5 Å². The van der Waals surface area contributed by atoms with E-state index in [0.717, 1.165) is 6.20 Å². The number of hydrogen-bond donors (Lipinski definition) is 1. The zero-order chi connectivity index (χ0) is 12.9. The molecule has 1 aromatic rings. The summed E-state index contributed by atoms with van der Waals surface area (Å²) in [6.07, 6.45) is 2.69. The Morgan fingerprint density at radius 3 is 2.88 bits per heavy atom. The first kappa shape index (κ1) is 13.6. The van der Waals surface area contributed by atoms with E-state index in [9.17, 15) is 14.3 Å². The van der Waals surface area contributed by atoms with Gasteiger partial charge < -0.3 is 9.84 Å². The number of halogens is 1. The third kappa shape index (κ3) is 4.11. The van der Waals surface area contributed by atoms with Gasteiger partial charge in [0.25, 0.3) is 0 Å². The molecule has 1 heterocycles. The van der Waals surface area contributed by atoms with Crippen LogP contribution >= 0.6 is 0 Å². The molecular formula is C12H16FNO3. The summed E-state index contributed by atoms with van der Waals surface area (Å²) in [5.41, 5.74) is -0.941. The molecule has 0 aliphatic heterocycles. The summed E-state index contributed by atoms with van der Waals surface area (Å²) in [6, 6.07) is 1.21. The predicted molar refractivity (Wildman–Crippen MR) is 59.6 cm³/mol. The van der Waals surface area contributed by atoms with Crippen LogP contribution in [0.2, 0.25) is 0 Å². The standard InChI is InChI=1S/C12H16FNO3/c1-3-17-11(15)4-5-12(2,16)9-6-10(13)8-14-7-9/h6-8,16H,3-5H2,1-2H3. The molecule has 0 aromatic carbocycles. The smallest absolute Gasteiger partial charge is 0.305 e. The summed E-state index contributed by atoms with van der Waals surface area (Å²) >= 11 is 0. The SMILES string of the molecule is CCOC(=O)CCC(C)(O)c1cncc(F)c1. The zero-order valence-corrected chi connectivity index (χ0v) is 9.94. The fourth-order valence-corrected chi connectivity index (χ4v) is 1.43. The van der Waals surface area contributed by atoms with E-state index in [2.05, 4.69) is 4.98 Å². The van der Waals surface area contributed by atoms with Crippen molar-refractivity contribution in [2.75, 3.05) is 6.61 Å². The van der Waals surface area contributed by atoms with E-state index in [1.54, 1.807) is 6.92 Å². The molecule has 0 aliphatic carbocycles. The molecule has 0 bridgehead atoms. The first-order chi connectivity index (χ1) is 7.95. The normalized spacial score (nSPS) is 14.1. The minimum absolute atomic E-state index is 0.0807. The lowest BCUT2D eigenvalue weighted by atomic mass is 9.92. The summed E-state index contributed by atoms with van der Waals surface area (Å²) in [5.74, 6) is -0.893. The molecule has 1 atom stereocenters. The second-order valence-corrected chi connectivity index (χ2v) is 3.97. The highest BCUT2D eigenvalue weighted by molar-refractivity contribution is 5.69. The number of hydrogen-bond acceptors (Lipinski definition) is 4. The van der Waals surface area contributed by atoms with Gasteiger partial charge in [-0.3, -0.25) is 9.78 Å². The molecule has 4 nitrogen and oxygen atoms in total. The Hall–Kier alpha value is -1.49. The molecule has 0 amide bonds. The highest BCUT2D eigenvalue weighted by atomic mass is 19.1. The Morgan fingerprint density at radius 1 is 1.59 bits per heavy atom. The van der Waals surface area contributed by atoms with Crippen LogP contribution < -0.4 is 0 Å². The molecule has 1 rings (SSSR count). The molecule has 0 spiro atoms. The van der Waals surface area contributed by atoms with Crippen molar-refractivity contribution in [3.63, 3.8) is 0 Å². The van der Waals surface area contributed by atoms with Crippen LogP contribution in [0.1, 0.15) is 32.3 Å². The fraction of sp³-hybridized carbons (Fsp3) is 0.500. The average molecular weight is 241 g/mol. The van der Waals surface area contributed by atoms with Crippen LogP contribution in [-0.2, 0) is 15.1 Å². The molecule has 1 unspecified atom stereocenters. The molecular weight excluding hydrogens is 225 g/mol. The third-order valence-corrected chi connectivity index (χ3v) is 2.45. The number of aromatic nitrogens is 1. The van der Waals surface area contributed by atoms with Gasteiger partial charge in [-0.05, 0) is 26.3 Å². The maximum absolute atomic E-state index is 13.0. The lowest BCUT2D eigenvalue weighted by molar-refractivity contribution is -0.144. The van der Waals surface area contributed by atoms with Crippen LogP contribution in [0.25, 0.3) is 0 Å². The molecule has 5 heteroatoms. The van der Waals surface area contributed by atoms with Gasteiger partial charge in [0.05, 0.1) is 18.4 Å². The van der Waals surface area contributed by atoms with Gasteiger partial charge in [0.2, 0.25) is 0 Å². The summed E-state index contributed by atoms with van der Waals surface area (Å²) in [4.78, 5) is 14.8. The van der Waals surface area contributed by atoms with Crippen molar-refractivity contribution < 1.29 is 19.0 Å². The average Bonchev–Trinajstić information content (AvgIpc) is 2.27. The Bertz CT molecular complexity index is 393. The topological polar surface area (TPSA) is 59.4 Å². The van der Waals surface area contributed by atoms with Crippen molar-refractivity contribution in [3.8, 4) is 0 Å². The number of carbonyl (C=O) groups is 1. The molecule has 17 heavy (non-hydrogen) atoms. The van der Waals surface area contributed by atoms with Crippen LogP contribution in [0.3, 0.4) is 0 Å². The molecule has 1 N–H and O–H groups in total. The number of esters is 1. The lowest BCUT2D eigenvalue weighted by Gasteiger charge is -2.22. The minimum Gasteiger partial charge on any atom is -0.466 e. The van der Waals surface area contributed by atoms with E-state index in [-0.39, 0.29) is 18.8 Å². The molecule has 1 aromatic heterocycles. The molecule has 0 radical (unpaired) electrons. The molecule has 0 saturated carbocycles. The van der Waals surface area contributed by atoms with E-state index >= 15 is 0 Å². The van der Waals surface area contributed by atoms with Crippen LogP contribution in [-0.4, -0.2) is 22.7 Å². The number of aliphatic hydroxyl groups is 1. The molecule has 0 aliphatic rings. The summed E-state index contributed by atoms with van der Waals surface area (Å²) in [5, 5.41) is 10.1. The number of carbonyl (C=O) groups excluding carboxylic acids is 1. The van der Waals surface area contributed by atoms with Crippen molar-refractivity contribution in [2.45, 2.75) is 32.3 Å². The van der Waals surface area contributed by atoms with E-state index in [1.807, 2.05) is 0 Å². The first-order valence-corrected chi connectivity index (χ1v) is 5.44. The minimum atomic E-state index is -1.29. The van der Waals surface area contributed by atoms with Crippen LogP contribution in [0.5, 0.6) is 0 Å². The van der Waals surface area contributed by atoms with E-state index in [1.165, 1.54) is 19.2 Å². The Balaban J connectivity index is 2.65. The highest BCUT2D eigenvalue weighted by Crippen LogP contribution is 2.25. The summed E-state index contributed by atoms with van der Waals surface area (Å²) in [6.45, 7) is 3.54. The first-order valence-electron chi connectivity index (χ1n) is 5.44. The quantitative estimate of drug-likeness (QED) is 0.798. The lowest BCUT2D eigenvalue weighted by Crippen LogP contribution is -2.23. The van der Waals surface area contributed by atoms with Crippen molar-refractivity contribution in [1.82, 2.24) is 4.98 Å². The van der Waals surface area contributed by atoms with Gasteiger partial charge in [-0.15, -0.1) is 0 Å². The Kier molecular flexibility index (Phi) is 4.57. The highest BCUT2D eigenvalue weighted by Gasteiger charge is 2.25. The largest absolute Gasteiger partial charge is 0.466 e. The zero-order valence-electron chi connectivity index (χ0n) is 9.94. The summed E-state index contributed by atoms with van der Waals surface area (Å²) in [7, 11) is 0. The van der Waals surface area contributed by atoms with Crippen molar-refractivity contribution in [1.29, 1.82) is 0 Å². The number of rotatable bonds is 5. The van der Waals surface area contributed by atoms with Gasteiger partial charge in [0, 0.05) is 18.2 Å². The maximum Gasteiger partial charge on any atom is 0.305 e. The third-order valence-electron chi connectivity index (χ3n) is 2.45. The Morgan fingerprint density at radius 2 is 2.29 bits per heavy atom. The summed E-state index contributed by atoms with van der Waals surface area (Å²) < 4.78 is 17.7. The van der Waals surface area contributed by atoms with Crippen molar-refractivity contribution in [2.24, 2.45) is 0 Å². The van der Waals surface area contributed by atoms with E-state index in [4.69, 9.17) is 4.74 Å². The van der Waals surface area contributed by atoms with E-state index in [0.29, 0.717) is 12.2 Å². The number of ether oxygens (including phenoxy) is 1. The Labute approximate surface area is 99.4 Å².